The molecule has 5 heteroatoms. The van der Waals surface area contributed by atoms with Gasteiger partial charge in [-0.05, 0) is 56.0 Å². The van der Waals surface area contributed by atoms with Crippen molar-refractivity contribution in [1.29, 1.82) is 0 Å². The van der Waals surface area contributed by atoms with E-state index < -0.39 is 17.5 Å². The summed E-state index contributed by atoms with van der Waals surface area (Å²) >= 11 is 0. The normalized spacial score (nSPS) is 22.0. The first-order valence-corrected chi connectivity index (χ1v) is 7.65. The van der Waals surface area contributed by atoms with Crippen LogP contribution < -0.4 is 5.73 Å². The molecule has 0 bridgehead atoms. The van der Waals surface area contributed by atoms with Crippen molar-refractivity contribution < 1.29 is 13.2 Å². The molecule has 21 heavy (non-hydrogen) atoms. The lowest BCUT2D eigenvalue weighted by Crippen LogP contribution is -2.35. The molecule has 0 radical (unpaired) electrons. The van der Waals surface area contributed by atoms with E-state index in [4.69, 9.17) is 5.73 Å². The van der Waals surface area contributed by atoms with Crippen molar-refractivity contribution in [3.63, 3.8) is 0 Å². The van der Waals surface area contributed by atoms with Crippen LogP contribution in [-0.4, -0.2) is 24.5 Å². The zero-order valence-electron chi connectivity index (χ0n) is 12.4. The smallest absolute Gasteiger partial charge is 0.194 e. The van der Waals surface area contributed by atoms with E-state index in [9.17, 15) is 13.2 Å². The minimum Gasteiger partial charge on any atom is -0.329 e. The Kier molecular flexibility index (Phi) is 5.65. The molecule has 1 aliphatic rings. The Morgan fingerprint density at radius 1 is 1.19 bits per heavy atom. The fourth-order valence-electron chi connectivity index (χ4n) is 3.17. The Balaban J connectivity index is 2.19. The van der Waals surface area contributed by atoms with Crippen molar-refractivity contribution in [2.24, 2.45) is 11.7 Å². The lowest BCUT2D eigenvalue weighted by Gasteiger charge is -2.30. The van der Waals surface area contributed by atoms with E-state index >= 15 is 0 Å². The Morgan fingerprint density at radius 3 is 2.43 bits per heavy atom. The molecule has 1 saturated heterocycles. The summed E-state index contributed by atoms with van der Waals surface area (Å²) in [5.41, 5.74) is 6.23. The molecule has 1 aromatic carbocycles. The van der Waals surface area contributed by atoms with Crippen LogP contribution in [0.1, 0.15) is 44.2 Å². The highest BCUT2D eigenvalue weighted by molar-refractivity contribution is 5.23. The highest BCUT2D eigenvalue weighted by atomic mass is 19.2. The molecule has 1 aromatic rings. The predicted octanol–water partition coefficient (Wildman–Crippen LogP) is 3.62. The van der Waals surface area contributed by atoms with E-state index in [1.54, 1.807) is 0 Å². The first-order valence-electron chi connectivity index (χ1n) is 7.65. The molecule has 1 heterocycles. The van der Waals surface area contributed by atoms with Crippen molar-refractivity contribution in [2.45, 2.75) is 38.6 Å². The largest absolute Gasteiger partial charge is 0.329 e. The number of nitrogens with two attached hydrogens (primary N) is 1. The number of benzene rings is 1. The van der Waals surface area contributed by atoms with E-state index in [0.29, 0.717) is 11.5 Å². The van der Waals surface area contributed by atoms with E-state index in [1.807, 2.05) is 0 Å². The van der Waals surface area contributed by atoms with E-state index in [-0.39, 0.29) is 12.6 Å². The van der Waals surface area contributed by atoms with Crippen LogP contribution in [0.3, 0.4) is 0 Å². The summed E-state index contributed by atoms with van der Waals surface area (Å²) in [6.45, 7) is 4.17. The van der Waals surface area contributed by atoms with Gasteiger partial charge in [0.05, 0.1) is 0 Å². The lowest BCUT2D eigenvalue weighted by molar-refractivity contribution is 0.205. The second-order valence-corrected chi connectivity index (χ2v) is 5.79. The number of nitrogens with zero attached hydrogens (tertiary/aromatic N) is 1. The predicted molar refractivity (Wildman–Crippen MR) is 77.3 cm³/mol. The van der Waals surface area contributed by atoms with Crippen molar-refractivity contribution in [2.75, 3.05) is 19.6 Å². The first-order chi connectivity index (χ1) is 10.1. The maximum absolute atomic E-state index is 13.4. The van der Waals surface area contributed by atoms with Gasteiger partial charge < -0.3 is 5.73 Å². The number of rotatable bonds is 4. The number of halogens is 3. The SMILES string of the molecule is CCC1CCCN(C(CN)c2cc(F)c(F)c(F)c2)CC1. The van der Waals surface area contributed by atoms with Crippen LogP contribution >= 0.6 is 0 Å². The van der Waals surface area contributed by atoms with Crippen LogP contribution in [0, 0.1) is 23.4 Å². The van der Waals surface area contributed by atoms with E-state index in [1.165, 1.54) is 6.42 Å². The minimum absolute atomic E-state index is 0.259. The third-order valence-corrected chi connectivity index (χ3v) is 4.51. The van der Waals surface area contributed by atoms with Gasteiger partial charge in [-0.2, -0.15) is 0 Å². The Morgan fingerprint density at radius 2 is 1.86 bits per heavy atom. The standard InChI is InChI=1S/C16H23F3N2/c1-2-11-4-3-6-21(7-5-11)15(10-20)12-8-13(17)16(19)14(18)9-12/h8-9,11,15H,2-7,10,20H2,1H3. The molecule has 1 aliphatic heterocycles. The Bertz CT molecular complexity index is 456. The molecule has 0 aromatic heterocycles. The topological polar surface area (TPSA) is 29.3 Å². The molecule has 0 spiro atoms. The van der Waals surface area contributed by atoms with Crippen molar-refractivity contribution in [3.05, 3.63) is 35.1 Å². The van der Waals surface area contributed by atoms with Gasteiger partial charge in [0, 0.05) is 12.6 Å². The molecule has 2 atom stereocenters. The maximum atomic E-state index is 13.4. The van der Waals surface area contributed by atoms with Gasteiger partial charge in [-0.3, -0.25) is 4.90 Å². The fourth-order valence-corrected chi connectivity index (χ4v) is 3.17. The quantitative estimate of drug-likeness (QED) is 0.861. The molecule has 2 nitrogen and oxygen atoms in total. The van der Waals surface area contributed by atoms with Gasteiger partial charge in [0.15, 0.2) is 17.5 Å². The van der Waals surface area contributed by atoms with Crippen LogP contribution in [0.4, 0.5) is 13.2 Å². The molecule has 118 valence electrons. The number of hydrogen-bond acceptors (Lipinski definition) is 2. The average Bonchev–Trinajstić information content (AvgIpc) is 2.71. The van der Waals surface area contributed by atoms with E-state index in [2.05, 4.69) is 11.8 Å². The molecule has 2 unspecified atom stereocenters. The van der Waals surface area contributed by atoms with Gasteiger partial charge in [-0.25, -0.2) is 13.2 Å². The molecule has 0 amide bonds. The molecular weight excluding hydrogens is 277 g/mol. The second-order valence-electron chi connectivity index (χ2n) is 5.79. The summed E-state index contributed by atoms with van der Waals surface area (Å²) in [6.07, 6.45) is 4.46. The first kappa shape index (κ1) is 16.3. The van der Waals surface area contributed by atoms with Crippen LogP contribution in [-0.2, 0) is 0 Å². The second kappa shape index (κ2) is 7.27. The van der Waals surface area contributed by atoms with Crippen LogP contribution in [0.2, 0.25) is 0 Å². The Labute approximate surface area is 124 Å². The molecule has 2 rings (SSSR count). The van der Waals surface area contributed by atoms with Gasteiger partial charge in [0.25, 0.3) is 0 Å². The van der Waals surface area contributed by atoms with Crippen LogP contribution in [0.25, 0.3) is 0 Å². The molecule has 0 aliphatic carbocycles. The summed E-state index contributed by atoms with van der Waals surface area (Å²) in [4.78, 5) is 2.17. The highest BCUT2D eigenvalue weighted by Crippen LogP contribution is 2.28. The number of hydrogen-bond donors (Lipinski definition) is 1. The summed E-state index contributed by atoms with van der Waals surface area (Å²) < 4.78 is 39.9. The van der Waals surface area contributed by atoms with Gasteiger partial charge in [0.1, 0.15) is 0 Å². The summed E-state index contributed by atoms with van der Waals surface area (Å²) in [6, 6.07) is 1.88. The van der Waals surface area contributed by atoms with Gasteiger partial charge >= 0.3 is 0 Å². The van der Waals surface area contributed by atoms with Crippen molar-refractivity contribution in [3.8, 4) is 0 Å². The summed E-state index contributed by atoms with van der Waals surface area (Å²) in [7, 11) is 0. The summed E-state index contributed by atoms with van der Waals surface area (Å²) in [5.74, 6) is -3.01. The average molecular weight is 300 g/mol. The molecular formula is C16H23F3N2. The number of likely N-dealkylation sites (tertiary alicyclic amines) is 1. The third-order valence-electron chi connectivity index (χ3n) is 4.51. The maximum Gasteiger partial charge on any atom is 0.194 e. The zero-order valence-corrected chi connectivity index (χ0v) is 12.4. The molecule has 1 fully saturated rings. The lowest BCUT2D eigenvalue weighted by atomic mass is 9.98. The van der Waals surface area contributed by atoms with Crippen LogP contribution in [0.5, 0.6) is 0 Å². The highest BCUT2D eigenvalue weighted by Gasteiger charge is 2.24. The van der Waals surface area contributed by atoms with Gasteiger partial charge in [-0.15, -0.1) is 0 Å². The summed E-state index contributed by atoms with van der Waals surface area (Å²) in [5, 5.41) is 0. The minimum atomic E-state index is -1.42. The van der Waals surface area contributed by atoms with Crippen molar-refractivity contribution in [1.82, 2.24) is 4.90 Å². The van der Waals surface area contributed by atoms with Crippen molar-refractivity contribution >= 4 is 0 Å². The monoisotopic (exact) mass is 300 g/mol. The van der Waals surface area contributed by atoms with Crippen LogP contribution in [0.15, 0.2) is 12.1 Å². The van der Waals surface area contributed by atoms with Gasteiger partial charge in [-0.1, -0.05) is 13.3 Å². The van der Waals surface area contributed by atoms with Gasteiger partial charge in [0.2, 0.25) is 0 Å². The fraction of sp³-hybridized carbons (Fsp3) is 0.625. The zero-order chi connectivity index (χ0) is 15.4. The molecule has 0 saturated carbocycles. The third kappa shape index (κ3) is 3.77. The Hall–Kier alpha value is -1.07. The van der Waals surface area contributed by atoms with E-state index in [0.717, 1.165) is 44.5 Å². The molecule has 2 N–H and O–H groups in total.